The van der Waals surface area contributed by atoms with E-state index >= 15 is 0 Å². The highest BCUT2D eigenvalue weighted by Crippen LogP contribution is 2.25. The largest absolute Gasteiger partial charge is 0.352 e. The van der Waals surface area contributed by atoms with Crippen LogP contribution in [0.5, 0.6) is 0 Å². The van der Waals surface area contributed by atoms with Gasteiger partial charge in [-0.1, -0.05) is 13.8 Å². The number of aryl methyl sites for hydroxylation is 1. The number of anilines is 1. The van der Waals surface area contributed by atoms with E-state index in [4.69, 9.17) is 0 Å². The van der Waals surface area contributed by atoms with E-state index in [9.17, 15) is 9.18 Å². The van der Waals surface area contributed by atoms with E-state index in [1.54, 1.807) is 29.9 Å². The molecule has 1 aliphatic rings. The molecule has 0 aliphatic carbocycles. The van der Waals surface area contributed by atoms with Crippen LogP contribution < -0.4 is 4.90 Å². The highest BCUT2D eigenvalue weighted by molar-refractivity contribution is 5.76. The minimum atomic E-state index is -0.233. The molecule has 0 atom stereocenters. The van der Waals surface area contributed by atoms with Crippen LogP contribution in [0, 0.1) is 12.7 Å². The SMILES string of the molecule is Cc1cc(-c2cc(C(C)C)n(CC(=O)N3CCN(c4cccnn4)CC3)n2)ccc1F. The molecule has 0 unspecified atom stereocenters. The molecule has 1 aliphatic heterocycles. The molecule has 1 saturated heterocycles. The first kappa shape index (κ1) is 21.0. The van der Waals surface area contributed by atoms with Crippen molar-refractivity contribution in [2.75, 3.05) is 31.1 Å². The molecule has 0 bridgehead atoms. The molecule has 3 aromatic rings. The number of aromatic nitrogens is 4. The molecular weight excluding hydrogens is 395 g/mol. The molecule has 0 saturated carbocycles. The molecule has 31 heavy (non-hydrogen) atoms. The van der Waals surface area contributed by atoms with Gasteiger partial charge in [0.1, 0.15) is 12.4 Å². The zero-order chi connectivity index (χ0) is 22.0. The zero-order valence-corrected chi connectivity index (χ0v) is 18.1. The number of piperazine rings is 1. The lowest BCUT2D eigenvalue weighted by molar-refractivity contribution is -0.132. The Hall–Kier alpha value is -3.29. The van der Waals surface area contributed by atoms with Gasteiger partial charge >= 0.3 is 0 Å². The quantitative estimate of drug-likeness (QED) is 0.631. The topological polar surface area (TPSA) is 67.2 Å². The molecule has 4 rings (SSSR count). The molecule has 1 fully saturated rings. The van der Waals surface area contributed by atoms with Crippen LogP contribution >= 0.6 is 0 Å². The van der Waals surface area contributed by atoms with Crippen LogP contribution in [-0.4, -0.2) is 57.0 Å². The van der Waals surface area contributed by atoms with Crippen LogP contribution in [0.4, 0.5) is 10.2 Å². The van der Waals surface area contributed by atoms with E-state index in [2.05, 4.69) is 34.0 Å². The highest BCUT2D eigenvalue weighted by Gasteiger charge is 2.24. The first-order valence-electron chi connectivity index (χ1n) is 10.6. The molecule has 1 amide bonds. The van der Waals surface area contributed by atoms with Gasteiger partial charge in [-0.15, -0.1) is 5.10 Å². The van der Waals surface area contributed by atoms with Crippen molar-refractivity contribution in [3.05, 3.63) is 59.7 Å². The Kier molecular flexibility index (Phi) is 5.97. The molecule has 0 radical (unpaired) electrons. The lowest BCUT2D eigenvalue weighted by atomic mass is 10.1. The van der Waals surface area contributed by atoms with Gasteiger partial charge in [-0.3, -0.25) is 9.48 Å². The van der Waals surface area contributed by atoms with Crippen LogP contribution in [0.15, 0.2) is 42.6 Å². The lowest BCUT2D eigenvalue weighted by Crippen LogP contribution is -2.50. The molecule has 8 heteroatoms. The summed E-state index contributed by atoms with van der Waals surface area (Å²) in [5.41, 5.74) is 3.18. The van der Waals surface area contributed by atoms with E-state index in [0.717, 1.165) is 35.9 Å². The molecule has 3 heterocycles. The van der Waals surface area contributed by atoms with Gasteiger partial charge in [0, 0.05) is 43.6 Å². The van der Waals surface area contributed by atoms with E-state index in [-0.39, 0.29) is 24.2 Å². The number of benzene rings is 1. The number of amides is 1. The lowest BCUT2D eigenvalue weighted by Gasteiger charge is -2.35. The summed E-state index contributed by atoms with van der Waals surface area (Å²) >= 11 is 0. The van der Waals surface area contributed by atoms with Gasteiger partial charge < -0.3 is 9.80 Å². The molecule has 0 N–H and O–H groups in total. The summed E-state index contributed by atoms with van der Waals surface area (Å²) in [4.78, 5) is 17.0. The van der Waals surface area contributed by atoms with Crippen LogP contribution in [0.3, 0.4) is 0 Å². The maximum absolute atomic E-state index is 13.7. The van der Waals surface area contributed by atoms with Crippen molar-refractivity contribution < 1.29 is 9.18 Å². The van der Waals surface area contributed by atoms with Crippen molar-refractivity contribution in [1.29, 1.82) is 0 Å². The Labute approximate surface area is 181 Å². The van der Waals surface area contributed by atoms with E-state index in [1.165, 1.54) is 6.07 Å². The fraction of sp³-hybridized carbons (Fsp3) is 0.391. The zero-order valence-electron chi connectivity index (χ0n) is 18.1. The van der Waals surface area contributed by atoms with Gasteiger partial charge in [0.2, 0.25) is 5.91 Å². The summed E-state index contributed by atoms with van der Waals surface area (Å²) in [6.07, 6.45) is 1.65. The third kappa shape index (κ3) is 4.57. The third-order valence-corrected chi connectivity index (χ3v) is 5.66. The van der Waals surface area contributed by atoms with Crippen molar-refractivity contribution in [1.82, 2.24) is 24.9 Å². The second kappa shape index (κ2) is 8.83. The number of carbonyl (C=O) groups is 1. The first-order valence-corrected chi connectivity index (χ1v) is 10.6. The van der Waals surface area contributed by atoms with Crippen LogP contribution in [0.2, 0.25) is 0 Å². The van der Waals surface area contributed by atoms with E-state index in [1.807, 2.05) is 23.1 Å². The van der Waals surface area contributed by atoms with Crippen LogP contribution in [0.1, 0.15) is 31.0 Å². The van der Waals surface area contributed by atoms with Crippen molar-refractivity contribution in [3.63, 3.8) is 0 Å². The van der Waals surface area contributed by atoms with Gasteiger partial charge in [-0.2, -0.15) is 10.2 Å². The summed E-state index contributed by atoms with van der Waals surface area (Å²) in [5, 5.41) is 12.8. The summed E-state index contributed by atoms with van der Waals surface area (Å²) in [6, 6.07) is 10.8. The van der Waals surface area contributed by atoms with Gasteiger partial charge in [0.05, 0.1) is 5.69 Å². The fourth-order valence-electron chi connectivity index (χ4n) is 3.84. The third-order valence-electron chi connectivity index (χ3n) is 5.66. The maximum Gasteiger partial charge on any atom is 0.244 e. The smallest absolute Gasteiger partial charge is 0.244 e. The average Bonchev–Trinajstić information content (AvgIpc) is 3.20. The van der Waals surface area contributed by atoms with Gasteiger partial charge in [-0.05, 0) is 54.8 Å². The number of nitrogens with zero attached hydrogens (tertiary/aromatic N) is 6. The predicted molar refractivity (Wildman–Crippen MR) is 117 cm³/mol. The second-order valence-corrected chi connectivity index (χ2v) is 8.18. The Morgan fingerprint density at radius 3 is 2.55 bits per heavy atom. The Morgan fingerprint density at radius 1 is 1.13 bits per heavy atom. The van der Waals surface area contributed by atoms with Gasteiger partial charge in [0.15, 0.2) is 5.82 Å². The van der Waals surface area contributed by atoms with Gasteiger partial charge in [0.25, 0.3) is 0 Å². The van der Waals surface area contributed by atoms with Crippen molar-refractivity contribution in [2.45, 2.75) is 33.2 Å². The minimum absolute atomic E-state index is 0.0469. The molecule has 0 spiro atoms. The maximum atomic E-state index is 13.7. The molecule has 162 valence electrons. The molecular formula is C23H27FN6O. The first-order chi connectivity index (χ1) is 14.9. The van der Waals surface area contributed by atoms with Gasteiger partial charge in [-0.25, -0.2) is 4.39 Å². The normalized spacial score (nSPS) is 14.4. The Bertz CT molecular complexity index is 1060. The summed E-state index contributed by atoms with van der Waals surface area (Å²) in [6.45, 7) is 8.81. The Morgan fingerprint density at radius 2 is 1.90 bits per heavy atom. The van der Waals surface area contributed by atoms with Crippen molar-refractivity contribution in [2.24, 2.45) is 0 Å². The molecule has 2 aromatic heterocycles. The highest BCUT2D eigenvalue weighted by atomic mass is 19.1. The fourth-order valence-corrected chi connectivity index (χ4v) is 3.84. The number of hydrogen-bond donors (Lipinski definition) is 0. The Balaban J connectivity index is 1.46. The van der Waals surface area contributed by atoms with Crippen LogP contribution in [0.25, 0.3) is 11.3 Å². The van der Waals surface area contributed by atoms with Crippen molar-refractivity contribution in [3.8, 4) is 11.3 Å². The van der Waals surface area contributed by atoms with E-state index in [0.29, 0.717) is 18.7 Å². The monoisotopic (exact) mass is 422 g/mol. The minimum Gasteiger partial charge on any atom is -0.352 e. The standard InChI is InChI=1S/C23H27FN6O/c1-16(2)21-14-20(18-6-7-19(24)17(3)13-18)27-30(21)15-23(31)29-11-9-28(10-12-29)22-5-4-8-25-26-22/h4-8,13-14,16H,9-12,15H2,1-3H3. The molecule has 1 aromatic carbocycles. The predicted octanol–water partition coefficient (Wildman–Crippen LogP) is 3.26. The van der Waals surface area contributed by atoms with Crippen molar-refractivity contribution >= 4 is 11.7 Å². The second-order valence-electron chi connectivity index (χ2n) is 8.18. The number of halogens is 1. The van der Waals surface area contributed by atoms with Crippen LogP contribution in [-0.2, 0) is 11.3 Å². The molecule has 7 nitrogen and oxygen atoms in total. The summed E-state index contributed by atoms with van der Waals surface area (Å²) < 4.78 is 15.4. The average molecular weight is 423 g/mol. The summed E-state index contributed by atoms with van der Waals surface area (Å²) in [7, 11) is 0. The number of hydrogen-bond acceptors (Lipinski definition) is 5. The van der Waals surface area contributed by atoms with E-state index < -0.39 is 0 Å². The summed E-state index contributed by atoms with van der Waals surface area (Å²) in [5.74, 6) is 0.862. The number of carbonyl (C=O) groups excluding carboxylic acids is 1. The number of rotatable bonds is 5.